The van der Waals surface area contributed by atoms with Gasteiger partial charge in [-0.15, -0.1) is 0 Å². The summed E-state index contributed by atoms with van der Waals surface area (Å²) in [6, 6.07) is 6.15. The third-order valence-corrected chi connectivity index (χ3v) is 2.32. The lowest BCUT2D eigenvalue weighted by Crippen LogP contribution is -2.04. The summed E-state index contributed by atoms with van der Waals surface area (Å²) in [6.45, 7) is 5.73. The molecule has 0 bridgehead atoms. The van der Waals surface area contributed by atoms with Crippen LogP contribution in [-0.2, 0) is 4.74 Å². The molecule has 1 aliphatic heterocycles. The molecule has 0 unspecified atom stereocenters. The van der Waals surface area contributed by atoms with Crippen LogP contribution in [0.3, 0.4) is 0 Å². The number of epoxide rings is 1. The van der Waals surface area contributed by atoms with Gasteiger partial charge in [0.25, 0.3) is 0 Å². The van der Waals surface area contributed by atoms with E-state index in [2.05, 4.69) is 26.0 Å². The van der Waals surface area contributed by atoms with Gasteiger partial charge in [0.1, 0.15) is 18.5 Å². The van der Waals surface area contributed by atoms with Gasteiger partial charge >= 0.3 is 0 Å². The number of ether oxygens (including phenoxy) is 2. The predicted molar refractivity (Wildman–Crippen MR) is 51.2 cm³/mol. The second-order valence-electron chi connectivity index (χ2n) is 3.51. The van der Waals surface area contributed by atoms with E-state index in [9.17, 15) is 0 Å². The Hall–Kier alpha value is -1.02. The highest BCUT2D eigenvalue weighted by Gasteiger charge is 2.22. The van der Waals surface area contributed by atoms with Gasteiger partial charge in [0, 0.05) is 0 Å². The summed E-state index contributed by atoms with van der Waals surface area (Å²) in [5.41, 5.74) is 2.57. The second-order valence-corrected chi connectivity index (χ2v) is 3.51. The van der Waals surface area contributed by atoms with E-state index in [0.29, 0.717) is 12.7 Å². The lowest BCUT2D eigenvalue weighted by Gasteiger charge is -2.06. The zero-order chi connectivity index (χ0) is 9.26. The quantitative estimate of drug-likeness (QED) is 0.661. The van der Waals surface area contributed by atoms with E-state index >= 15 is 0 Å². The standard InChI is InChI=1S/C11H14O2/c1-8-3-4-10(5-9(8)2)12-6-11-7-13-11/h3-5,11H,6-7H2,1-2H3/t11-/m1/s1. The first-order chi connectivity index (χ1) is 6.25. The van der Waals surface area contributed by atoms with Crippen molar-refractivity contribution in [3.8, 4) is 5.75 Å². The van der Waals surface area contributed by atoms with Gasteiger partial charge in [-0.1, -0.05) is 6.07 Å². The Kier molecular flexibility index (Phi) is 2.23. The molecule has 1 aromatic rings. The Morgan fingerprint density at radius 2 is 2.15 bits per heavy atom. The van der Waals surface area contributed by atoms with E-state index < -0.39 is 0 Å². The van der Waals surface area contributed by atoms with Gasteiger partial charge in [0.15, 0.2) is 0 Å². The molecular weight excluding hydrogens is 164 g/mol. The van der Waals surface area contributed by atoms with Gasteiger partial charge in [-0.25, -0.2) is 0 Å². The Morgan fingerprint density at radius 3 is 2.77 bits per heavy atom. The SMILES string of the molecule is Cc1ccc(OC[C@@H]2CO2)cc1C. The van der Waals surface area contributed by atoms with Gasteiger partial charge in [-0.2, -0.15) is 0 Å². The molecule has 13 heavy (non-hydrogen) atoms. The average Bonchev–Trinajstić information content (AvgIpc) is 2.91. The van der Waals surface area contributed by atoms with Crippen LogP contribution in [0.4, 0.5) is 0 Å². The van der Waals surface area contributed by atoms with E-state index in [4.69, 9.17) is 9.47 Å². The van der Waals surface area contributed by atoms with Crippen LogP contribution in [0.2, 0.25) is 0 Å². The van der Waals surface area contributed by atoms with Crippen LogP contribution >= 0.6 is 0 Å². The Labute approximate surface area is 78.5 Å². The number of rotatable bonds is 3. The molecule has 0 saturated carbocycles. The first-order valence-corrected chi connectivity index (χ1v) is 4.57. The van der Waals surface area contributed by atoms with Crippen molar-refractivity contribution in [1.29, 1.82) is 0 Å². The number of hydrogen-bond acceptors (Lipinski definition) is 2. The summed E-state index contributed by atoms with van der Waals surface area (Å²) in [5.74, 6) is 0.943. The van der Waals surface area contributed by atoms with Gasteiger partial charge in [0.2, 0.25) is 0 Å². The summed E-state index contributed by atoms with van der Waals surface area (Å²) in [6.07, 6.45) is 0.335. The van der Waals surface area contributed by atoms with Crippen LogP contribution < -0.4 is 4.74 Å². The lowest BCUT2D eigenvalue weighted by molar-refractivity contribution is 0.263. The molecule has 1 atom stereocenters. The van der Waals surface area contributed by atoms with Crippen LogP contribution in [0.1, 0.15) is 11.1 Å². The Morgan fingerprint density at radius 1 is 1.38 bits per heavy atom. The summed E-state index contributed by atoms with van der Waals surface area (Å²) < 4.78 is 10.6. The molecule has 0 aliphatic carbocycles. The lowest BCUT2D eigenvalue weighted by atomic mass is 10.1. The summed E-state index contributed by atoms with van der Waals surface area (Å²) in [7, 11) is 0. The molecule has 1 heterocycles. The highest BCUT2D eigenvalue weighted by Crippen LogP contribution is 2.18. The second kappa shape index (κ2) is 3.38. The molecule has 0 aromatic heterocycles. The highest BCUT2D eigenvalue weighted by molar-refractivity contribution is 5.33. The smallest absolute Gasteiger partial charge is 0.119 e. The van der Waals surface area contributed by atoms with E-state index in [0.717, 1.165) is 12.4 Å². The Bertz CT molecular complexity index is 303. The zero-order valence-corrected chi connectivity index (χ0v) is 8.04. The topological polar surface area (TPSA) is 21.8 Å². The number of aryl methyl sites for hydroxylation is 2. The summed E-state index contributed by atoms with van der Waals surface area (Å²) in [5, 5.41) is 0. The fourth-order valence-corrected chi connectivity index (χ4v) is 1.16. The Balaban J connectivity index is 1.98. The van der Waals surface area contributed by atoms with E-state index in [1.54, 1.807) is 0 Å². The van der Waals surface area contributed by atoms with Crippen molar-refractivity contribution in [2.45, 2.75) is 20.0 Å². The number of hydrogen-bond donors (Lipinski definition) is 0. The molecule has 0 amide bonds. The maximum atomic E-state index is 5.54. The van der Waals surface area contributed by atoms with Crippen LogP contribution in [0, 0.1) is 13.8 Å². The molecule has 2 nitrogen and oxygen atoms in total. The highest BCUT2D eigenvalue weighted by atomic mass is 16.6. The van der Waals surface area contributed by atoms with E-state index in [-0.39, 0.29) is 0 Å². The fraction of sp³-hybridized carbons (Fsp3) is 0.455. The van der Waals surface area contributed by atoms with Crippen molar-refractivity contribution >= 4 is 0 Å². The minimum atomic E-state index is 0.335. The third-order valence-electron chi connectivity index (χ3n) is 2.32. The third kappa shape index (κ3) is 2.22. The van der Waals surface area contributed by atoms with Crippen molar-refractivity contribution in [1.82, 2.24) is 0 Å². The molecule has 0 N–H and O–H groups in total. The van der Waals surface area contributed by atoms with Crippen LogP contribution in [0.5, 0.6) is 5.75 Å². The van der Waals surface area contributed by atoms with Crippen molar-refractivity contribution in [3.05, 3.63) is 29.3 Å². The van der Waals surface area contributed by atoms with Crippen molar-refractivity contribution in [2.24, 2.45) is 0 Å². The molecule has 1 fully saturated rings. The normalized spacial score (nSPS) is 20.0. The number of benzene rings is 1. The molecule has 1 saturated heterocycles. The average molecular weight is 178 g/mol. The van der Waals surface area contributed by atoms with Gasteiger partial charge < -0.3 is 9.47 Å². The van der Waals surface area contributed by atoms with Crippen molar-refractivity contribution < 1.29 is 9.47 Å². The molecule has 0 spiro atoms. The minimum absolute atomic E-state index is 0.335. The first kappa shape index (κ1) is 8.57. The van der Waals surface area contributed by atoms with Gasteiger partial charge in [-0.3, -0.25) is 0 Å². The zero-order valence-electron chi connectivity index (χ0n) is 8.04. The van der Waals surface area contributed by atoms with E-state index in [1.807, 2.05) is 6.07 Å². The minimum Gasteiger partial charge on any atom is -0.491 e. The largest absolute Gasteiger partial charge is 0.491 e. The van der Waals surface area contributed by atoms with Crippen molar-refractivity contribution in [3.63, 3.8) is 0 Å². The van der Waals surface area contributed by atoms with Crippen LogP contribution in [0.15, 0.2) is 18.2 Å². The molecular formula is C11H14O2. The molecule has 2 rings (SSSR count). The molecule has 0 radical (unpaired) electrons. The van der Waals surface area contributed by atoms with Crippen LogP contribution in [0.25, 0.3) is 0 Å². The van der Waals surface area contributed by atoms with Gasteiger partial charge in [-0.05, 0) is 37.1 Å². The van der Waals surface area contributed by atoms with Crippen molar-refractivity contribution in [2.75, 3.05) is 13.2 Å². The van der Waals surface area contributed by atoms with Gasteiger partial charge in [0.05, 0.1) is 6.61 Å². The fourth-order valence-electron chi connectivity index (χ4n) is 1.16. The monoisotopic (exact) mass is 178 g/mol. The molecule has 2 heteroatoms. The van der Waals surface area contributed by atoms with E-state index in [1.165, 1.54) is 11.1 Å². The summed E-state index contributed by atoms with van der Waals surface area (Å²) in [4.78, 5) is 0. The maximum absolute atomic E-state index is 5.54. The molecule has 1 aromatic carbocycles. The summed E-state index contributed by atoms with van der Waals surface area (Å²) >= 11 is 0. The molecule has 1 aliphatic rings. The predicted octanol–water partition coefficient (Wildman–Crippen LogP) is 2.08. The van der Waals surface area contributed by atoms with Crippen LogP contribution in [-0.4, -0.2) is 19.3 Å². The first-order valence-electron chi connectivity index (χ1n) is 4.57. The molecule has 70 valence electrons. The maximum Gasteiger partial charge on any atom is 0.119 e.